The van der Waals surface area contributed by atoms with Crippen LogP contribution in [0.5, 0.6) is 0 Å². The molecule has 6 heteroatoms. The number of para-hydroxylation sites is 1. The number of amides is 2. The van der Waals surface area contributed by atoms with E-state index in [1.165, 1.54) is 11.8 Å². The summed E-state index contributed by atoms with van der Waals surface area (Å²) in [6, 6.07) is 15.3. The van der Waals surface area contributed by atoms with Gasteiger partial charge in [0.25, 0.3) is 5.91 Å². The van der Waals surface area contributed by atoms with Crippen molar-refractivity contribution in [2.24, 2.45) is 0 Å². The predicted molar refractivity (Wildman–Crippen MR) is 114 cm³/mol. The average Bonchev–Trinajstić information content (AvgIpc) is 3.19. The Morgan fingerprint density at radius 2 is 1.86 bits per heavy atom. The van der Waals surface area contributed by atoms with Gasteiger partial charge in [0.2, 0.25) is 5.91 Å². The van der Waals surface area contributed by atoms with Gasteiger partial charge in [0.1, 0.15) is 6.54 Å². The van der Waals surface area contributed by atoms with Gasteiger partial charge in [0.05, 0.1) is 10.6 Å². The highest BCUT2D eigenvalue weighted by Crippen LogP contribution is 2.42. The van der Waals surface area contributed by atoms with Crippen LogP contribution in [-0.4, -0.2) is 24.4 Å². The molecule has 0 saturated heterocycles. The molecule has 0 radical (unpaired) electrons. The van der Waals surface area contributed by atoms with Crippen LogP contribution in [0.2, 0.25) is 5.02 Å². The van der Waals surface area contributed by atoms with E-state index in [0.717, 1.165) is 41.8 Å². The molecule has 0 unspecified atom stereocenters. The quantitative estimate of drug-likeness (QED) is 0.728. The van der Waals surface area contributed by atoms with E-state index in [1.807, 2.05) is 42.5 Å². The Kier molecular flexibility index (Phi) is 5.74. The zero-order valence-corrected chi connectivity index (χ0v) is 16.9. The molecule has 4 nitrogen and oxygen atoms in total. The maximum absolute atomic E-state index is 13.2. The number of thioether (sulfide) groups is 1. The van der Waals surface area contributed by atoms with E-state index >= 15 is 0 Å². The Hall–Kier alpha value is -2.24. The van der Waals surface area contributed by atoms with Crippen LogP contribution in [-0.2, 0) is 9.59 Å². The third-order valence-electron chi connectivity index (χ3n) is 5.05. The lowest BCUT2D eigenvalue weighted by Crippen LogP contribution is -2.45. The molecule has 0 aromatic heterocycles. The zero-order valence-electron chi connectivity index (χ0n) is 15.4. The summed E-state index contributed by atoms with van der Waals surface area (Å²) >= 11 is 7.68. The lowest BCUT2D eigenvalue weighted by atomic mass is 10.2. The maximum atomic E-state index is 13.2. The van der Waals surface area contributed by atoms with Crippen molar-refractivity contribution in [1.82, 2.24) is 5.32 Å². The van der Waals surface area contributed by atoms with E-state index in [2.05, 4.69) is 5.32 Å². The number of rotatable bonds is 4. The van der Waals surface area contributed by atoms with E-state index in [0.29, 0.717) is 9.93 Å². The van der Waals surface area contributed by atoms with Gasteiger partial charge in [-0.1, -0.05) is 66.5 Å². The van der Waals surface area contributed by atoms with Crippen LogP contribution in [0.3, 0.4) is 0 Å². The second-order valence-corrected chi connectivity index (χ2v) is 8.53. The number of carbonyl (C=O) groups excluding carboxylic acids is 2. The predicted octanol–water partition coefficient (Wildman–Crippen LogP) is 4.88. The number of carbonyl (C=O) groups is 2. The summed E-state index contributed by atoms with van der Waals surface area (Å²) in [7, 11) is 0. The monoisotopic (exact) mass is 412 g/mol. The first-order valence-electron chi connectivity index (χ1n) is 9.46. The minimum absolute atomic E-state index is 0.0206. The van der Waals surface area contributed by atoms with Crippen molar-refractivity contribution < 1.29 is 9.59 Å². The molecule has 2 aliphatic rings. The molecule has 0 atom stereocenters. The number of halogens is 1. The van der Waals surface area contributed by atoms with Crippen molar-refractivity contribution in [1.29, 1.82) is 0 Å². The van der Waals surface area contributed by atoms with E-state index in [4.69, 9.17) is 11.6 Å². The van der Waals surface area contributed by atoms with Crippen molar-refractivity contribution >= 4 is 46.9 Å². The smallest absolute Gasteiger partial charge is 0.265 e. The molecule has 28 heavy (non-hydrogen) atoms. The summed E-state index contributed by atoms with van der Waals surface area (Å²) in [6.07, 6.45) is 6.14. The van der Waals surface area contributed by atoms with Crippen molar-refractivity contribution in [3.8, 4) is 0 Å². The van der Waals surface area contributed by atoms with Crippen molar-refractivity contribution in [2.45, 2.75) is 36.6 Å². The number of benzene rings is 2. The van der Waals surface area contributed by atoms with Gasteiger partial charge in [-0.05, 0) is 42.7 Å². The fraction of sp³-hybridized carbons (Fsp3) is 0.273. The Morgan fingerprint density at radius 1 is 1.14 bits per heavy atom. The maximum Gasteiger partial charge on any atom is 0.265 e. The summed E-state index contributed by atoms with van der Waals surface area (Å²) in [5.41, 5.74) is 1.56. The van der Waals surface area contributed by atoms with E-state index < -0.39 is 0 Å². The van der Waals surface area contributed by atoms with Crippen LogP contribution in [0.1, 0.15) is 31.2 Å². The molecule has 1 aliphatic carbocycles. The minimum atomic E-state index is -0.176. The summed E-state index contributed by atoms with van der Waals surface area (Å²) in [5, 5.41) is 3.66. The molecule has 0 bridgehead atoms. The molecule has 1 aliphatic heterocycles. The second kappa shape index (κ2) is 8.41. The number of hydrogen-bond acceptors (Lipinski definition) is 3. The van der Waals surface area contributed by atoms with Gasteiger partial charge in [-0.2, -0.15) is 0 Å². The number of hydrogen-bond donors (Lipinski definition) is 1. The normalized spacial score (nSPS) is 18.4. The van der Waals surface area contributed by atoms with Gasteiger partial charge in [-0.15, -0.1) is 0 Å². The third-order valence-corrected chi connectivity index (χ3v) is 6.47. The molecular formula is C22H21ClN2O2S. The van der Waals surface area contributed by atoms with E-state index in [1.54, 1.807) is 17.0 Å². The summed E-state index contributed by atoms with van der Waals surface area (Å²) < 4.78 is 0. The number of nitrogens with one attached hydrogen (secondary N) is 1. The Balaban J connectivity index is 1.61. The first kappa shape index (κ1) is 19.1. The standard InChI is InChI=1S/C22H21ClN2O2S/c23-17-10-4-1-7-15(17)13-20-22(27)25(18-11-5-6-12-19(18)28-20)14-21(26)24-16-8-2-3-9-16/h1,4-7,10-13,16H,2-3,8-9,14H2,(H,24,26)/b20-13+. The Labute approximate surface area is 173 Å². The van der Waals surface area contributed by atoms with Crippen LogP contribution >= 0.6 is 23.4 Å². The molecule has 2 aromatic carbocycles. The molecule has 1 heterocycles. The van der Waals surface area contributed by atoms with Crippen LogP contribution < -0.4 is 10.2 Å². The number of anilines is 1. The summed E-state index contributed by atoms with van der Waals surface area (Å²) in [5.74, 6) is -0.288. The van der Waals surface area contributed by atoms with Gasteiger partial charge in [0.15, 0.2) is 0 Å². The second-order valence-electron chi connectivity index (χ2n) is 7.04. The summed E-state index contributed by atoms with van der Waals surface area (Å²) in [6.45, 7) is 0.0206. The van der Waals surface area contributed by atoms with Crippen molar-refractivity contribution in [3.05, 3.63) is 64.0 Å². The van der Waals surface area contributed by atoms with Gasteiger partial charge in [-0.3, -0.25) is 14.5 Å². The fourth-order valence-corrected chi connectivity index (χ4v) is 4.88. The topological polar surface area (TPSA) is 49.4 Å². The van der Waals surface area contributed by atoms with Crippen molar-refractivity contribution in [2.75, 3.05) is 11.4 Å². The summed E-state index contributed by atoms with van der Waals surface area (Å²) in [4.78, 5) is 28.9. The molecule has 1 fully saturated rings. The largest absolute Gasteiger partial charge is 0.352 e. The van der Waals surface area contributed by atoms with E-state index in [-0.39, 0.29) is 24.4 Å². The molecule has 1 saturated carbocycles. The van der Waals surface area contributed by atoms with Gasteiger partial charge in [0, 0.05) is 16.0 Å². The third kappa shape index (κ3) is 4.10. The van der Waals surface area contributed by atoms with Crippen molar-refractivity contribution in [3.63, 3.8) is 0 Å². The minimum Gasteiger partial charge on any atom is -0.352 e. The molecule has 144 valence electrons. The van der Waals surface area contributed by atoms with Crippen LogP contribution in [0.4, 0.5) is 5.69 Å². The highest BCUT2D eigenvalue weighted by Gasteiger charge is 2.31. The lowest BCUT2D eigenvalue weighted by Gasteiger charge is -2.30. The highest BCUT2D eigenvalue weighted by molar-refractivity contribution is 8.04. The molecule has 1 N–H and O–H groups in total. The highest BCUT2D eigenvalue weighted by atomic mass is 35.5. The number of nitrogens with zero attached hydrogens (tertiary/aromatic N) is 1. The fourth-order valence-electron chi connectivity index (χ4n) is 3.64. The lowest BCUT2D eigenvalue weighted by molar-refractivity contribution is -0.122. The first-order valence-corrected chi connectivity index (χ1v) is 10.7. The molecule has 2 amide bonds. The van der Waals surface area contributed by atoms with Gasteiger partial charge < -0.3 is 5.32 Å². The van der Waals surface area contributed by atoms with Crippen LogP contribution in [0.15, 0.2) is 58.3 Å². The van der Waals surface area contributed by atoms with Gasteiger partial charge >= 0.3 is 0 Å². The molecular weight excluding hydrogens is 392 g/mol. The van der Waals surface area contributed by atoms with Gasteiger partial charge in [-0.25, -0.2) is 0 Å². The zero-order chi connectivity index (χ0) is 19.5. The average molecular weight is 413 g/mol. The Bertz CT molecular complexity index is 938. The first-order chi connectivity index (χ1) is 13.6. The van der Waals surface area contributed by atoms with Crippen LogP contribution in [0, 0.1) is 0 Å². The molecule has 4 rings (SSSR count). The number of fused-ring (bicyclic) bond motifs is 1. The van der Waals surface area contributed by atoms with Crippen LogP contribution in [0.25, 0.3) is 6.08 Å². The molecule has 2 aromatic rings. The SMILES string of the molecule is O=C(CN1C(=O)/C(=C\c2ccccc2Cl)Sc2ccccc21)NC1CCCC1. The Morgan fingerprint density at radius 3 is 2.64 bits per heavy atom. The molecule has 0 spiro atoms. The van der Waals surface area contributed by atoms with E-state index in [9.17, 15) is 9.59 Å².